The van der Waals surface area contributed by atoms with Gasteiger partial charge in [-0.15, -0.1) is 0 Å². The summed E-state index contributed by atoms with van der Waals surface area (Å²) in [4.78, 5) is 0. The first-order valence-electron chi connectivity index (χ1n) is 13.1. The Hall–Kier alpha value is -0.740. The molecule has 8 nitrogen and oxygen atoms in total. The van der Waals surface area contributed by atoms with Crippen molar-refractivity contribution < 1.29 is 27.4 Å². The number of hydrazone groups is 1. The standard InChI is InChI=1S/C25H44N2O6S/c1-30-18-11-13-23(31-2)20(15-18)22-16-21(17-10-12-24(32-3)25(14-17)33-4)26-27(22)34(28,29)19-8-6-5-7-9-19/h17-20,22-25H,5-16H2,1-4H3. The molecule has 0 aromatic heterocycles. The molecule has 9 heteroatoms. The van der Waals surface area contributed by atoms with E-state index in [1.54, 1.807) is 28.4 Å². The van der Waals surface area contributed by atoms with Crippen molar-refractivity contribution in [1.29, 1.82) is 0 Å². The molecule has 7 unspecified atom stereocenters. The highest BCUT2D eigenvalue weighted by Crippen LogP contribution is 2.42. The normalized spacial score (nSPS) is 38.2. The van der Waals surface area contributed by atoms with E-state index in [0.29, 0.717) is 6.42 Å². The van der Waals surface area contributed by atoms with Gasteiger partial charge in [0.1, 0.15) is 0 Å². The number of methoxy groups -OCH3 is 4. The average Bonchev–Trinajstić information content (AvgIpc) is 3.34. The van der Waals surface area contributed by atoms with Gasteiger partial charge in [0, 0.05) is 52.4 Å². The molecule has 0 radical (unpaired) electrons. The zero-order valence-corrected chi connectivity index (χ0v) is 22.2. The lowest BCUT2D eigenvalue weighted by Gasteiger charge is -2.41. The van der Waals surface area contributed by atoms with Gasteiger partial charge in [0.05, 0.1) is 35.7 Å². The number of sulfonamides is 1. The molecule has 3 aliphatic carbocycles. The van der Waals surface area contributed by atoms with Crippen LogP contribution in [0, 0.1) is 11.8 Å². The minimum absolute atomic E-state index is 0.00757. The summed E-state index contributed by atoms with van der Waals surface area (Å²) in [5, 5.41) is 4.60. The molecule has 196 valence electrons. The first kappa shape index (κ1) is 26.3. The van der Waals surface area contributed by atoms with Gasteiger partial charge in [-0.1, -0.05) is 19.3 Å². The van der Waals surface area contributed by atoms with Crippen molar-refractivity contribution in [2.75, 3.05) is 28.4 Å². The van der Waals surface area contributed by atoms with Gasteiger partial charge in [-0.05, 0) is 51.4 Å². The van der Waals surface area contributed by atoms with Crippen LogP contribution in [-0.4, -0.2) is 82.7 Å². The van der Waals surface area contributed by atoms with Crippen molar-refractivity contribution in [3.8, 4) is 0 Å². The van der Waals surface area contributed by atoms with Crippen LogP contribution < -0.4 is 0 Å². The Balaban J connectivity index is 1.62. The SMILES string of the molecule is COC1CCC(OC)C(C2CC(C3CCC(OC)C(OC)C3)=NN2S(=O)(=O)C2CCCCC2)C1. The van der Waals surface area contributed by atoms with E-state index in [2.05, 4.69) is 0 Å². The first-order chi connectivity index (χ1) is 16.4. The van der Waals surface area contributed by atoms with Crippen LogP contribution in [0.1, 0.15) is 77.0 Å². The van der Waals surface area contributed by atoms with E-state index in [1.807, 2.05) is 0 Å². The van der Waals surface area contributed by atoms with E-state index in [-0.39, 0.29) is 47.5 Å². The minimum Gasteiger partial charge on any atom is -0.381 e. The van der Waals surface area contributed by atoms with Crippen molar-refractivity contribution in [2.24, 2.45) is 16.9 Å². The van der Waals surface area contributed by atoms with E-state index in [9.17, 15) is 8.42 Å². The van der Waals surface area contributed by atoms with Gasteiger partial charge < -0.3 is 18.9 Å². The fourth-order valence-corrected chi connectivity index (χ4v) is 8.89. The molecule has 0 aromatic rings. The van der Waals surface area contributed by atoms with Crippen LogP contribution >= 0.6 is 0 Å². The summed E-state index contributed by atoms with van der Waals surface area (Å²) >= 11 is 0. The van der Waals surface area contributed by atoms with Gasteiger partial charge >= 0.3 is 0 Å². The molecule has 34 heavy (non-hydrogen) atoms. The monoisotopic (exact) mass is 500 g/mol. The van der Waals surface area contributed by atoms with Crippen LogP contribution in [0.3, 0.4) is 0 Å². The molecular weight excluding hydrogens is 456 g/mol. The number of rotatable bonds is 8. The fraction of sp³-hybridized carbons (Fsp3) is 0.960. The second-order valence-electron chi connectivity index (χ2n) is 10.6. The van der Waals surface area contributed by atoms with Crippen LogP contribution in [0.15, 0.2) is 5.10 Å². The molecule has 3 fully saturated rings. The second kappa shape index (κ2) is 11.5. The van der Waals surface area contributed by atoms with E-state index in [0.717, 1.165) is 76.3 Å². The lowest BCUT2D eigenvalue weighted by Crippen LogP contribution is -2.49. The van der Waals surface area contributed by atoms with Crippen LogP contribution in [-0.2, 0) is 29.0 Å². The Morgan fingerprint density at radius 3 is 2.09 bits per heavy atom. The Labute approximate surface area is 205 Å². The third-order valence-electron chi connectivity index (χ3n) is 8.89. The smallest absolute Gasteiger partial charge is 0.252 e. The topological polar surface area (TPSA) is 86.7 Å². The van der Waals surface area contributed by atoms with E-state index in [1.165, 1.54) is 4.41 Å². The molecule has 3 saturated carbocycles. The summed E-state index contributed by atoms with van der Waals surface area (Å²) in [6.07, 6.45) is 10.7. The number of hydrogen-bond acceptors (Lipinski definition) is 7. The number of nitrogens with zero attached hydrogens (tertiary/aromatic N) is 2. The number of hydrogen-bond donors (Lipinski definition) is 0. The van der Waals surface area contributed by atoms with Crippen molar-refractivity contribution in [3.63, 3.8) is 0 Å². The van der Waals surface area contributed by atoms with Crippen LogP contribution in [0.25, 0.3) is 0 Å². The van der Waals surface area contributed by atoms with E-state index in [4.69, 9.17) is 24.0 Å². The lowest BCUT2D eigenvalue weighted by molar-refractivity contribution is -0.0640. The maximum absolute atomic E-state index is 13.9. The molecule has 4 aliphatic rings. The molecule has 0 aromatic carbocycles. The first-order valence-corrected chi connectivity index (χ1v) is 14.6. The summed E-state index contributed by atoms with van der Waals surface area (Å²) in [5.41, 5.74) is 1.01. The highest BCUT2D eigenvalue weighted by molar-refractivity contribution is 7.89. The molecule has 4 rings (SSSR count). The van der Waals surface area contributed by atoms with Gasteiger partial charge in [0.25, 0.3) is 10.0 Å². The highest BCUT2D eigenvalue weighted by Gasteiger charge is 2.49. The summed E-state index contributed by atoms with van der Waals surface area (Å²) in [7, 11) is 3.43. The molecule has 0 amide bonds. The molecule has 7 atom stereocenters. The molecule has 0 N–H and O–H groups in total. The molecule has 0 spiro atoms. The van der Waals surface area contributed by atoms with Gasteiger partial charge in [-0.2, -0.15) is 9.52 Å². The van der Waals surface area contributed by atoms with E-state index < -0.39 is 10.0 Å². The Bertz CT molecular complexity index is 799. The zero-order chi connectivity index (χ0) is 24.3. The second-order valence-corrected chi connectivity index (χ2v) is 12.7. The molecule has 0 saturated heterocycles. The average molecular weight is 501 g/mol. The summed E-state index contributed by atoms with van der Waals surface area (Å²) < 4.78 is 52.4. The predicted molar refractivity (Wildman–Crippen MR) is 131 cm³/mol. The van der Waals surface area contributed by atoms with Crippen LogP contribution in [0.4, 0.5) is 0 Å². The Morgan fingerprint density at radius 1 is 0.765 bits per heavy atom. The molecular formula is C25H44N2O6S. The lowest BCUT2D eigenvalue weighted by atomic mass is 9.76. The van der Waals surface area contributed by atoms with Crippen molar-refractivity contribution >= 4 is 15.7 Å². The number of ether oxygens (including phenoxy) is 4. The zero-order valence-electron chi connectivity index (χ0n) is 21.4. The summed E-state index contributed by atoms with van der Waals surface area (Å²) in [6.45, 7) is 0. The van der Waals surface area contributed by atoms with Crippen molar-refractivity contribution in [3.05, 3.63) is 0 Å². The third-order valence-corrected chi connectivity index (χ3v) is 11.1. The van der Waals surface area contributed by atoms with Gasteiger partial charge in [0.15, 0.2) is 0 Å². The van der Waals surface area contributed by atoms with Crippen molar-refractivity contribution in [1.82, 2.24) is 4.41 Å². The molecule has 0 bridgehead atoms. The summed E-state index contributed by atoms with van der Waals surface area (Å²) in [5.74, 6) is 0.282. The maximum Gasteiger partial charge on any atom is 0.252 e. The van der Waals surface area contributed by atoms with Crippen LogP contribution in [0.2, 0.25) is 0 Å². The Kier molecular flexibility index (Phi) is 8.94. The molecule has 1 heterocycles. The largest absolute Gasteiger partial charge is 0.381 e. The molecule has 1 aliphatic heterocycles. The highest BCUT2D eigenvalue weighted by atomic mass is 32.2. The Morgan fingerprint density at radius 2 is 1.44 bits per heavy atom. The van der Waals surface area contributed by atoms with Gasteiger partial charge in [-0.25, -0.2) is 8.42 Å². The predicted octanol–water partition coefficient (Wildman–Crippen LogP) is 3.74. The van der Waals surface area contributed by atoms with Crippen molar-refractivity contribution in [2.45, 2.75) is 113 Å². The maximum atomic E-state index is 13.9. The minimum atomic E-state index is -3.53. The van der Waals surface area contributed by atoms with Gasteiger partial charge in [0.2, 0.25) is 0 Å². The van der Waals surface area contributed by atoms with Gasteiger partial charge in [-0.3, -0.25) is 0 Å². The van der Waals surface area contributed by atoms with Crippen LogP contribution in [0.5, 0.6) is 0 Å². The third kappa shape index (κ3) is 5.33. The quantitative estimate of drug-likeness (QED) is 0.505. The summed E-state index contributed by atoms with van der Waals surface area (Å²) in [6, 6.07) is -0.203. The fourth-order valence-electron chi connectivity index (χ4n) is 6.83. The van der Waals surface area contributed by atoms with E-state index >= 15 is 0 Å².